The predicted octanol–water partition coefficient (Wildman–Crippen LogP) is 0.988. The third-order valence-corrected chi connectivity index (χ3v) is 5.09. The molecule has 2 heterocycles. The average Bonchev–Trinajstić information content (AvgIpc) is 3.20. The number of rotatable bonds is 6. The summed E-state index contributed by atoms with van der Waals surface area (Å²) in [5.41, 5.74) is 1.39. The molecule has 3 aromatic rings. The lowest BCUT2D eigenvalue weighted by Crippen LogP contribution is -2.29. The van der Waals surface area contributed by atoms with Crippen LogP contribution in [0.2, 0.25) is 0 Å². The first-order valence-corrected chi connectivity index (χ1v) is 9.82. The van der Waals surface area contributed by atoms with E-state index in [4.69, 9.17) is 0 Å². The van der Waals surface area contributed by atoms with Gasteiger partial charge < -0.3 is 5.32 Å². The maximum atomic E-state index is 12.5. The first kappa shape index (κ1) is 18.5. The van der Waals surface area contributed by atoms with E-state index in [-0.39, 0.29) is 18.0 Å². The van der Waals surface area contributed by atoms with Gasteiger partial charge in [0.05, 0.1) is 17.5 Å². The van der Waals surface area contributed by atoms with Crippen LogP contribution < -0.4 is 9.62 Å². The molecule has 0 aliphatic carbocycles. The van der Waals surface area contributed by atoms with E-state index in [9.17, 15) is 13.2 Å². The zero-order chi connectivity index (χ0) is 19.4. The van der Waals surface area contributed by atoms with E-state index in [0.717, 1.165) is 16.1 Å². The molecule has 0 spiro atoms. The number of nitrogens with one attached hydrogen (secondary N) is 1. The normalized spacial score (nSPS) is 11.2. The van der Waals surface area contributed by atoms with E-state index >= 15 is 0 Å². The van der Waals surface area contributed by atoms with Gasteiger partial charge in [-0.25, -0.2) is 23.1 Å². The summed E-state index contributed by atoms with van der Waals surface area (Å²) in [5.74, 6) is 0.240. The van der Waals surface area contributed by atoms with Gasteiger partial charge >= 0.3 is 0 Å². The van der Waals surface area contributed by atoms with Crippen LogP contribution in [0.15, 0.2) is 55.2 Å². The van der Waals surface area contributed by atoms with Gasteiger partial charge in [-0.05, 0) is 23.8 Å². The molecule has 0 atom stereocenters. The maximum Gasteiger partial charge on any atom is 0.253 e. The molecule has 1 aromatic carbocycles. The summed E-state index contributed by atoms with van der Waals surface area (Å²) in [6.07, 6.45) is 5.68. The fraction of sp³-hybridized carbons (Fsp3) is 0.176. The van der Waals surface area contributed by atoms with Crippen molar-refractivity contribution in [1.29, 1.82) is 0 Å². The largest absolute Gasteiger partial charge is 0.348 e. The number of amides is 1. The van der Waals surface area contributed by atoms with Crippen molar-refractivity contribution in [2.75, 3.05) is 17.6 Å². The molecule has 0 radical (unpaired) electrons. The Balaban J connectivity index is 1.71. The molecular weight excluding hydrogens is 368 g/mol. The fourth-order valence-corrected chi connectivity index (χ4v) is 2.90. The van der Waals surface area contributed by atoms with Crippen LogP contribution in [0.25, 0.3) is 5.82 Å². The van der Waals surface area contributed by atoms with Crippen molar-refractivity contribution in [1.82, 2.24) is 25.1 Å². The lowest BCUT2D eigenvalue weighted by molar-refractivity contribution is 0.0951. The smallest absolute Gasteiger partial charge is 0.253 e. The van der Waals surface area contributed by atoms with E-state index in [1.807, 2.05) is 6.07 Å². The van der Waals surface area contributed by atoms with Crippen LogP contribution in [0, 0.1) is 0 Å². The number of benzene rings is 1. The summed E-state index contributed by atoms with van der Waals surface area (Å²) >= 11 is 0. The van der Waals surface area contributed by atoms with Crippen molar-refractivity contribution in [2.45, 2.75) is 6.54 Å². The van der Waals surface area contributed by atoms with Gasteiger partial charge in [-0.2, -0.15) is 5.10 Å². The quantitative estimate of drug-likeness (QED) is 0.676. The Labute approximate surface area is 156 Å². The Hall–Kier alpha value is -3.27. The number of hydrogen-bond acceptors (Lipinski definition) is 6. The summed E-state index contributed by atoms with van der Waals surface area (Å²) in [6.45, 7) is 0.250. The van der Waals surface area contributed by atoms with Crippen molar-refractivity contribution in [3.05, 3.63) is 66.4 Å². The molecule has 3 rings (SSSR count). The second-order valence-corrected chi connectivity index (χ2v) is 7.81. The second-order valence-electron chi connectivity index (χ2n) is 5.80. The van der Waals surface area contributed by atoms with Crippen LogP contribution in [0.4, 0.5) is 5.69 Å². The molecule has 1 N–H and O–H groups in total. The van der Waals surface area contributed by atoms with Crippen LogP contribution in [0.1, 0.15) is 15.9 Å². The number of nitrogens with zero attached hydrogens (tertiary/aromatic N) is 5. The second kappa shape index (κ2) is 7.54. The van der Waals surface area contributed by atoms with E-state index in [1.165, 1.54) is 18.1 Å². The summed E-state index contributed by atoms with van der Waals surface area (Å²) in [6, 6.07) is 10.1. The highest BCUT2D eigenvalue weighted by Crippen LogP contribution is 2.21. The monoisotopic (exact) mass is 386 g/mol. The minimum absolute atomic E-state index is 0.250. The molecule has 2 aromatic heterocycles. The number of aromatic nitrogens is 4. The molecule has 0 saturated carbocycles. The Morgan fingerprint density at radius 3 is 2.63 bits per heavy atom. The number of carbonyl (C=O) groups excluding carboxylic acids is 1. The molecule has 140 valence electrons. The maximum absolute atomic E-state index is 12.5. The number of hydrogen-bond donors (Lipinski definition) is 1. The van der Waals surface area contributed by atoms with E-state index < -0.39 is 10.0 Å². The highest BCUT2D eigenvalue weighted by Gasteiger charge is 2.19. The standard InChI is InChI=1S/C17H18N6O3S/c1-22(27(2,25)26)15-6-4-3-5-14(15)17(24)20-10-13-7-8-16(19-9-13)23-12-18-11-21-23/h3-9,11-12H,10H2,1-2H3,(H,20,24). The zero-order valence-corrected chi connectivity index (χ0v) is 15.6. The minimum atomic E-state index is -3.48. The van der Waals surface area contributed by atoms with Crippen molar-refractivity contribution >= 4 is 21.6 Å². The lowest BCUT2D eigenvalue weighted by atomic mass is 10.1. The van der Waals surface area contributed by atoms with Crippen molar-refractivity contribution in [3.63, 3.8) is 0 Å². The Kier molecular flexibility index (Phi) is 5.17. The van der Waals surface area contributed by atoms with Crippen LogP contribution in [0.5, 0.6) is 0 Å². The Morgan fingerprint density at radius 2 is 2.00 bits per heavy atom. The van der Waals surface area contributed by atoms with Crippen LogP contribution >= 0.6 is 0 Å². The van der Waals surface area contributed by atoms with Crippen LogP contribution in [0.3, 0.4) is 0 Å². The third kappa shape index (κ3) is 4.29. The molecule has 10 heteroatoms. The number of sulfonamides is 1. The van der Waals surface area contributed by atoms with Gasteiger partial charge in [0, 0.05) is 19.8 Å². The molecule has 27 heavy (non-hydrogen) atoms. The van der Waals surface area contributed by atoms with Gasteiger partial charge in [0.25, 0.3) is 5.91 Å². The van der Waals surface area contributed by atoms with Crippen LogP contribution in [-0.2, 0) is 16.6 Å². The summed E-state index contributed by atoms with van der Waals surface area (Å²) < 4.78 is 26.2. The summed E-state index contributed by atoms with van der Waals surface area (Å²) in [7, 11) is -2.06. The fourth-order valence-electron chi connectivity index (χ4n) is 2.38. The molecule has 0 bridgehead atoms. The van der Waals surface area contributed by atoms with Gasteiger partial charge in [0.15, 0.2) is 5.82 Å². The molecule has 9 nitrogen and oxygen atoms in total. The van der Waals surface area contributed by atoms with Gasteiger partial charge in [0.1, 0.15) is 12.7 Å². The van der Waals surface area contributed by atoms with E-state index in [1.54, 1.807) is 42.9 Å². The zero-order valence-electron chi connectivity index (χ0n) is 14.8. The molecule has 1 amide bonds. The molecule has 0 saturated heterocycles. The van der Waals surface area contributed by atoms with E-state index in [2.05, 4.69) is 20.4 Å². The van der Waals surface area contributed by atoms with Gasteiger partial charge in [-0.15, -0.1) is 0 Å². The van der Waals surface area contributed by atoms with E-state index in [0.29, 0.717) is 11.5 Å². The molecule has 0 aliphatic rings. The van der Waals surface area contributed by atoms with Gasteiger partial charge in [-0.1, -0.05) is 18.2 Å². The molecule has 0 unspecified atom stereocenters. The Bertz CT molecular complexity index is 1030. The highest BCUT2D eigenvalue weighted by atomic mass is 32.2. The van der Waals surface area contributed by atoms with Gasteiger partial charge in [-0.3, -0.25) is 9.10 Å². The number of para-hydroxylation sites is 1. The highest BCUT2D eigenvalue weighted by molar-refractivity contribution is 7.92. The molecular formula is C17H18N6O3S. The minimum Gasteiger partial charge on any atom is -0.348 e. The summed E-state index contributed by atoms with van der Waals surface area (Å²) in [4.78, 5) is 20.7. The van der Waals surface area contributed by atoms with Crippen molar-refractivity contribution in [2.24, 2.45) is 0 Å². The Morgan fingerprint density at radius 1 is 1.22 bits per heavy atom. The first-order valence-electron chi connectivity index (χ1n) is 7.97. The first-order chi connectivity index (χ1) is 12.9. The number of carbonyl (C=O) groups is 1. The average molecular weight is 386 g/mol. The van der Waals surface area contributed by atoms with Crippen molar-refractivity contribution in [3.8, 4) is 5.82 Å². The molecule has 0 fully saturated rings. The number of anilines is 1. The predicted molar refractivity (Wildman–Crippen MR) is 100 cm³/mol. The number of pyridine rings is 1. The molecule has 0 aliphatic heterocycles. The van der Waals surface area contributed by atoms with Gasteiger partial charge in [0.2, 0.25) is 10.0 Å². The van der Waals surface area contributed by atoms with Crippen molar-refractivity contribution < 1.29 is 13.2 Å². The SMILES string of the molecule is CN(c1ccccc1C(=O)NCc1ccc(-n2cncn2)nc1)S(C)(=O)=O. The van der Waals surface area contributed by atoms with Crippen LogP contribution in [-0.4, -0.2) is 47.4 Å². The third-order valence-electron chi connectivity index (χ3n) is 3.90. The summed E-state index contributed by atoms with van der Waals surface area (Å²) in [5, 5.41) is 6.78. The lowest BCUT2D eigenvalue weighted by Gasteiger charge is -2.19. The topological polar surface area (TPSA) is 110 Å².